The highest BCUT2D eigenvalue weighted by molar-refractivity contribution is 5.57. The fraction of sp³-hybridized carbons (Fsp3) is 0.263. The number of hydrogen-bond acceptors (Lipinski definition) is 6. The van der Waals surface area contributed by atoms with E-state index in [0.29, 0.717) is 6.54 Å². The largest absolute Gasteiger partial charge is 0.359 e. The number of anilines is 1. The highest BCUT2D eigenvalue weighted by Crippen LogP contribution is 2.22. The van der Waals surface area contributed by atoms with E-state index in [1.165, 1.54) is 0 Å². The molecule has 4 rings (SSSR count). The van der Waals surface area contributed by atoms with Crippen LogP contribution in [0.2, 0.25) is 0 Å². The van der Waals surface area contributed by atoms with Gasteiger partial charge in [-0.3, -0.25) is 4.98 Å². The van der Waals surface area contributed by atoms with Crippen LogP contribution in [0, 0.1) is 0 Å². The molecule has 0 spiro atoms. The molecular weight excluding hydrogens is 328 g/mol. The summed E-state index contributed by atoms with van der Waals surface area (Å²) in [5, 5.41) is 8.55. The van der Waals surface area contributed by atoms with Crippen LogP contribution in [0.1, 0.15) is 24.8 Å². The van der Waals surface area contributed by atoms with E-state index in [9.17, 15) is 0 Å². The van der Waals surface area contributed by atoms with Gasteiger partial charge in [0.15, 0.2) is 11.4 Å². The molecule has 0 aromatic carbocycles. The van der Waals surface area contributed by atoms with Gasteiger partial charge in [-0.05, 0) is 18.6 Å². The van der Waals surface area contributed by atoms with Crippen LogP contribution in [0.3, 0.4) is 0 Å². The van der Waals surface area contributed by atoms with E-state index >= 15 is 0 Å². The van der Waals surface area contributed by atoms with E-state index in [1.807, 2.05) is 35.8 Å². The minimum absolute atomic E-state index is 0.581. The summed E-state index contributed by atoms with van der Waals surface area (Å²) in [6, 6.07) is 9.80. The molecule has 0 aliphatic heterocycles. The van der Waals surface area contributed by atoms with Gasteiger partial charge in [-0.25, -0.2) is 4.98 Å². The zero-order valence-electron chi connectivity index (χ0n) is 14.8. The maximum atomic E-state index is 5.52. The summed E-state index contributed by atoms with van der Waals surface area (Å²) in [5.41, 5.74) is 3.64. The first-order chi connectivity index (χ1) is 12.7. The number of nitrogens with zero attached hydrogens (tertiary/aromatic N) is 6. The van der Waals surface area contributed by atoms with Gasteiger partial charge in [-0.1, -0.05) is 18.5 Å². The second-order valence-electron chi connectivity index (χ2n) is 6.23. The second kappa shape index (κ2) is 6.95. The Kier molecular flexibility index (Phi) is 4.35. The average Bonchev–Trinajstić information content (AvgIpc) is 3.31. The minimum atomic E-state index is 0.581. The van der Waals surface area contributed by atoms with Crippen molar-refractivity contribution in [2.24, 2.45) is 0 Å². The third-order valence-electron chi connectivity index (χ3n) is 4.20. The van der Waals surface area contributed by atoms with Crippen LogP contribution >= 0.6 is 0 Å². The molecule has 0 fully saturated rings. The minimum Gasteiger partial charge on any atom is -0.359 e. The predicted molar refractivity (Wildman–Crippen MR) is 98.8 cm³/mol. The Morgan fingerprint density at radius 2 is 2.12 bits per heavy atom. The van der Waals surface area contributed by atoms with E-state index in [1.54, 1.807) is 18.6 Å². The van der Waals surface area contributed by atoms with Crippen LogP contribution < -0.4 is 4.90 Å². The molecule has 0 aliphatic carbocycles. The SMILES string of the molecule is CCCc1cc(N(C)Cc2cc(-c3cccnc3)no2)n2nccc2n1. The molecule has 0 radical (unpaired) electrons. The molecule has 0 atom stereocenters. The van der Waals surface area contributed by atoms with E-state index in [0.717, 1.165) is 47.0 Å². The number of hydrogen-bond donors (Lipinski definition) is 0. The Bertz CT molecular complexity index is 1010. The van der Waals surface area contributed by atoms with Crippen molar-refractivity contribution in [3.05, 3.63) is 60.4 Å². The third kappa shape index (κ3) is 3.15. The van der Waals surface area contributed by atoms with Gasteiger partial charge in [0.25, 0.3) is 0 Å². The summed E-state index contributed by atoms with van der Waals surface area (Å²) < 4.78 is 7.36. The van der Waals surface area contributed by atoms with Gasteiger partial charge in [0.2, 0.25) is 0 Å². The van der Waals surface area contributed by atoms with Gasteiger partial charge in [0.1, 0.15) is 11.5 Å². The van der Waals surface area contributed by atoms with E-state index in [-0.39, 0.29) is 0 Å². The van der Waals surface area contributed by atoms with Crippen molar-refractivity contribution < 1.29 is 4.52 Å². The van der Waals surface area contributed by atoms with Gasteiger partial charge in [0, 0.05) is 48.9 Å². The number of aromatic nitrogens is 5. The highest BCUT2D eigenvalue weighted by atomic mass is 16.5. The van der Waals surface area contributed by atoms with Crippen molar-refractivity contribution in [2.45, 2.75) is 26.3 Å². The highest BCUT2D eigenvalue weighted by Gasteiger charge is 2.14. The van der Waals surface area contributed by atoms with Crippen LogP contribution in [0.25, 0.3) is 16.9 Å². The van der Waals surface area contributed by atoms with Crippen molar-refractivity contribution in [2.75, 3.05) is 11.9 Å². The third-order valence-corrected chi connectivity index (χ3v) is 4.20. The molecule has 26 heavy (non-hydrogen) atoms. The zero-order valence-corrected chi connectivity index (χ0v) is 14.8. The van der Waals surface area contributed by atoms with Crippen molar-refractivity contribution in [3.63, 3.8) is 0 Å². The maximum absolute atomic E-state index is 5.52. The molecule has 4 heterocycles. The maximum Gasteiger partial charge on any atom is 0.157 e. The Hall–Kier alpha value is -3.22. The lowest BCUT2D eigenvalue weighted by Gasteiger charge is -2.19. The summed E-state index contributed by atoms with van der Waals surface area (Å²) in [4.78, 5) is 10.9. The quantitative estimate of drug-likeness (QED) is 0.532. The van der Waals surface area contributed by atoms with Gasteiger partial charge in [-0.15, -0.1) is 0 Å². The summed E-state index contributed by atoms with van der Waals surface area (Å²) >= 11 is 0. The van der Waals surface area contributed by atoms with Crippen molar-refractivity contribution in [1.29, 1.82) is 0 Å². The first kappa shape index (κ1) is 16.3. The number of aryl methyl sites for hydroxylation is 1. The van der Waals surface area contributed by atoms with Crippen molar-refractivity contribution >= 4 is 11.5 Å². The van der Waals surface area contributed by atoms with Crippen molar-refractivity contribution in [1.82, 2.24) is 24.7 Å². The van der Waals surface area contributed by atoms with E-state index < -0.39 is 0 Å². The summed E-state index contributed by atoms with van der Waals surface area (Å²) in [6.07, 6.45) is 7.28. The molecule has 0 bridgehead atoms. The molecule has 7 nitrogen and oxygen atoms in total. The zero-order chi connectivity index (χ0) is 17.9. The van der Waals surface area contributed by atoms with Crippen LogP contribution in [-0.2, 0) is 13.0 Å². The molecule has 0 aliphatic rings. The number of rotatable bonds is 6. The summed E-state index contributed by atoms with van der Waals surface area (Å²) in [5.74, 6) is 1.75. The molecule has 0 amide bonds. The Morgan fingerprint density at radius 3 is 2.92 bits per heavy atom. The fourth-order valence-corrected chi connectivity index (χ4v) is 2.96. The van der Waals surface area contributed by atoms with Crippen LogP contribution in [0.5, 0.6) is 0 Å². The first-order valence-electron chi connectivity index (χ1n) is 8.65. The molecule has 0 unspecified atom stereocenters. The predicted octanol–water partition coefficient (Wildman–Crippen LogP) is 3.37. The molecular formula is C19H20N6O. The molecule has 7 heteroatoms. The van der Waals surface area contributed by atoms with Gasteiger partial charge >= 0.3 is 0 Å². The second-order valence-corrected chi connectivity index (χ2v) is 6.23. The lowest BCUT2D eigenvalue weighted by Crippen LogP contribution is -2.20. The van der Waals surface area contributed by atoms with E-state index in [4.69, 9.17) is 4.52 Å². The average molecular weight is 348 g/mol. The molecule has 0 saturated heterocycles. The van der Waals surface area contributed by atoms with Crippen LogP contribution in [-0.4, -0.2) is 31.8 Å². The number of pyridine rings is 1. The van der Waals surface area contributed by atoms with Crippen LogP contribution in [0.4, 0.5) is 5.82 Å². The Labute approximate surface area is 151 Å². The van der Waals surface area contributed by atoms with Gasteiger partial charge in [-0.2, -0.15) is 9.61 Å². The van der Waals surface area contributed by atoms with Crippen LogP contribution in [0.15, 0.2) is 53.4 Å². The standard InChI is InChI=1S/C19H20N6O/c1-3-5-15-10-19(25-18(22-15)7-9-21-25)24(2)13-16-11-17(23-26-16)14-6-4-8-20-12-14/h4,6-12H,3,5,13H2,1-2H3. The molecule has 0 N–H and O–H groups in total. The molecule has 4 aromatic rings. The molecule has 4 aromatic heterocycles. The number of fused-ring (bicyclic) bond motifs is 1. The summed E-state index contributed by atoms with van der Waals surface area (Å²) in [6.45, 7) is 2.73. The molecule has 132 valence electrons. The van der Waals surface area contributed by atoms with Crippen molar-refractivity contribution in [3.8, 4) is 11.3 Å². The topological polar surface area (TPSA) is 72.4 Å². The van der Waals surface area contributed by atoms with Gasteiger partial charge < -0.3 is 9.42 Å². The normalized spacial score (nSPS) is 11.2. The first-order valence-corrected chi connectivity index (χ1v) is 8.65. The Balaban J connectivity index is 1.61. The van der Waals surface area contributed by atoms with E-state index in [2.05, 4.69) is 38.1 Å². The molecule has 0 saturated carbocycles. The monoisotopic (exact) mass is 348 g/mol. The van der Waals surface area contributed by atoms with Gasteiger partial charge in [0.05, 0.1) is 12.7 Å². The summed E-state index contributed by atoms with van der Waals surface area (Å²) in [7, 11) is 2.01. The lowest BCUT2D eigenvalue weighted by atomic mass is 10.2. The lowest BCUT2D eigenvalue weighted by molar-refractivity contribution is 0.384. The smallest absolute Gasteiger partial charge is 0.157 e. The fourth-order valence-electron chi connectivity index (χ4n) is 2.96. The Morgan fingerprint density at radius 1 is 1.19 bits per heavy atom.